The van der Waals surface area contributed by atoms with Crippen molar-refractivity contribution in [3.05, 3.63) is 34.1 Å². The van der Waals surface area contributed by atoms with Crippen LogP contribution in [0.2, 0.25) is 0 Å². The lowest BCUT2D eigenvalue weighted by molar-refractivity contribution is -0.123. The van der Waals surface area contributed by atoms with Gasteiger partial charge in [-0.2, -0.15) is 0 Å². The van der Waals surface area contributed by atoms with Crippen LogP contribution in [0.3, 0.4) is 0 Å². The van der Waals surface area contributed by atoms with Crippen LogP contribution in [0.4, 0.5) is 4.39 Å². The van der Waals surface area contributed by atoms with Crippen LogP contribution < -0.4 is 0 Å². The zero-order valence-electron chi connectivity index (χ0n) is 10.2. The van der Waals surface area contributed by atoms with Gasteiger partial charge >= 0.3 is 0 Å². The lowest BCUT2D eigenvalue weighted by Gasteiger charge is -2.20. The molecule has 2 fully saturated rings. The monoisotopic (exact) mass is 310 g/mol. The van der Waals surface area contributed by atoms with Gasteiger partial charge in [-0.25, -0.2) is 4.39 Å². The van der Waals surface area contributed by atoms with Gasteiger partial charge in [0.05, 0.1) is 0 Å². The third-order valence-electron chi connectivity index (χ3n) is 4.53. The molecule has 3 atom stereocenters. The average Bonchev–Trinajstić information content (AvgIpc) is 2.94. The number of rotatable bonds is 3. The molecule has 0 saturated heterocycles. The highest BCUT2D eigenvalue weighted by molar-refractivity contribution is 9.10. The first-order chi connectivity index (χ1) is 8.63. The van der Waals surface area contributed by atoms with Gasteiger partial charge in [-0.15, -0.1) is 0 Å². The Morgan fingerprint density at radius 3 is 2.78 bits per heavy atom. The molecule has 3 heteroatoms. The Bertz CT molecular complexity index is 485. The number of carbonyl (C=O) groups excluding carboxylic acids is 1. The van der Waals surface area contributed by atoms with E-state index in [9.17, 15) is 9.18 Å². The first-order valence-electron chi connectivity index (χ1n) is 6.60. The van der Waals surface area contributed by atoms with Crippen LogP contribution in [0, 0.1) is 23.6 Å². The standard InChI is InChI=1S/C15H16BrFO/c16-12-4-3-11(14(17)8-12)7-15(18)13-6-9-1-2-10(13)5-9/h3-4,8-10,13H,1-2,5-7H2. The Morgan fingerprint density at radius 2 is 2.17 bits per heavy atom. The minimum Gasteiger partial charge on any atom is -0.299 e. The third-order valence-corrected chi connectivity index (χ3v) is 5.02. The number of fused-ring (bicyclic) bond motifs is 2. The zero-order valence-corrected chi connectivity index (χ0v) is 11.7. The Labute approximate surface area is 115 Å². The largest absolute Gasteiger partial charge is 0.299 e. The van der Waals surface area contributed by atoms with Crippen molar-refractivity contribution >= 4 is 21.7 Å². The van der Waals surface area contributed by atoms with Crippen LogP contribution in [0.1, 0.15) is 31.2 Å². The van der Waals surface area contributed by atoms with Gasteiger partial charge in [0.1, 0.15) is 11.6 Å². The maximum Gasteiger partial charge on any atom is 0.140 e. The summed E-state index contributed by atoms with van der Waals surface area (Å²) in [4.78, 5) is 12.3. The predicted molar refractivity (Wildman–Crippen MR) is 71.7 cm³/mol. The molecule has 0 spiro atoms. The van der Waals surface area contributed by atoms with Crippen LogP contribution in [0.25, 0.3) is 0 Å². The van der Waals surface area contributed by atoms with Crippen LogP contribution in [-0.2, 0) is 11.2 Å². The second kappa shape index (κ2) is 4.76. The number of Topliss-reactive ketones (excluding diaryl/α,β-unsaturated/α-hetero) is 1. The lowest BCUT2D eigenvalue weighted by atomic mass is 9.83. The Balaban J connectivity index is 1.71. The molecule has 3 rings (SSSR count). The van der Waals surface area contributed by atoms with Crippen LogP contribution in [0.5, 0.6) is 0 Å². The van der Waals surface area contributed by atoms with E-state index in [4.69, 9.17) is 0 Å². The molecule has 2 saturated carbocycles. The molecule has 3 unspecified atom stereocenters. The van der Waals surface area contributed by atoms with Crippen molar-refractivity contribution in [3.8, 4) is 0 Å². The predicted octanol–water partition coefficient (Wildman–Crippen LogP) is 4.14. The summed E-state index contributed by atoms with van der Waals surface area (Å²) in [6.45, 7) is 0. The molecule has 1 nitrogen and oxygen atoms in total. The quantitative estimate of drug-likeness (QED) is 0.820. The summed E-state index contributed by atoms with van der Waals surface area (Å²) >= 11 is 3.23. The van der Waals surface area contributed by atoms with E-state index in [1.807, 2.05) is 0 Å². The molecule has 1 aromatic carbocycles. The summed E-state index contributed by atoms with van der Waals surface area (Å²) in [6.07, 6.45) is 5.01. The fourth-order valence-electron chi connectivity index (χ4n) is 3.62. The smallest absolute Gasteiger partial charge is 0.140 e. The van der Waals surface area contributed by atoms with Gasteiger partial charge in [-0.3, -0.25) is 4.79 Å². The van der Waals surface area contributed by atoms with Gasteiger partial charge in [0.15, 0.2) is 0 Å². The van der Waals surface area contributed by atoms with Crippen molar-refractivity contribution in [2.75, 3.05) is 0 Å². The molecule has 2 bridgehead atoms. The van der Waals surface area contributed by atoms with Gasteiger partial charge in [-0.1, -0.05) is 28.4 Å². The zero-order chi connectivity index (χ0) is 12.7. The number of hydrogen-bond donors (Lipinski definition) is 0. The van der Waals surface area contributed by atoms with Crippen molar-refractivity contribution in [3.63, 3.8) is 0 Å². The highest BCUT2D eigenvalue weighted by Crippen LogP contribution is 2.48. The molecule has 2 aliphatic carbocycles. The molecular formula is C15H16BrFO. The van der Waals surface area contributed by atoms with E-state index < -0.39 is 0 Å². The normalized spacial score (nSPS) is 29.8. The van der Waals surface area contributed by atoms with E-state index in [1.54, 1.807) is 12.1 Å². The summed E-state index contributed by atoms with van der Waals surface area (Å²) in [7, 11) is 0. The lowest BCUT2D eigenvalue weighted by Crippen LogP contribution is -2.22. The molecule has 96 valence electrons. The minimum absolute atomic E-state index is 0.201. The highest BCUT2D eigenvalue weighted by Gasteiger charge is 2.42. The molecule has 18 heavy (non-hydrogen) atoms. The topological polar surface area (TPSA) is 17.1 Å². The fourth-order valence-corrected chi connectivity index (χ4v) is 3.96. The van der Waals surface area contributed by atoms with E-state index in [0.29, 0.717) is 11.5 Å². The summed E-state index contributed by atoms with van der Waals surface area (Å²) in [5.74, 6) is 1.51. The highest BCUT2D eigenvalue weighted by atomic mass is 79.9. The number of ketones is 1. The number of benzene rings is 1. The molecule has 0 aliphatic heterocycles. The SMILES string of the molecule is O=C(Cc1ccc(Br)cc1F)C1CC2CCC1C2. The maximum absolute atomic E-state index is 13.7. The van der Waals surface area contributed by atoms with Crippen LogP contribution in [-0.4, -0.2) is 5.78 Å². The van der Waals surface area contributed by atoms with Crippen molar-refractivity contribution in [1.29, 1.82) is 0 Å². The summed E-state index contributed by atoms with van der Waals surface area (Å²) in [5, 5.41) is 0. The van der Waals surface area contributed by atoms with Crippen LogP contribution in [0.15, 0.2) is 22.7 Å². The van der Waals surface area contributed by atoms with Crippen molar-refractivity contribution < 1.29 is 9.18 Å². The summed E-state index contributed by atoms with van der Waals surface area (Å²) in [5.41, 5.74) is 0.533. The van der Waals surface area contributed by atoms with Gasteiger partial charge in [0.2, 0.25) is 0 Å². The van der Waals surface area contributed by atoms with Crippen LogP contribution >= 0.6 is 15.9 Å². The van der Waals surface area contributed by atoms with Gasteiger partial charge in [0.25, 0.3) is 0 Å². The van der Waals surface area contributed by atoms with Gasteiger partial charge in [-0.05, 0) is 48.8 Å². The summed E-state index contributed by atoms with van der Waals surface area (Å²) in [6, 6.07) is 4.94. The second-order valence-electron chi connectivity index (χ2n) is 5.66. The van der Waals surface area contributed by atoms with Gasteiger partial charge < -0.3 is 0 Å². The molecule has 1 aromatic rings. The van der Waals surface area contributed by atoms with Crippen molar-refractivity contribution in [2.45, 2.75) is 32.1 Å². The molecule has 0 radical (unpaired) electrons. The maximum atomic E-state index is 13.7. The number of halogens is 2. The minimum atomic E-state index is -0.277. The summed E-state index contributed by atoms with van der Waals surface area (Å²) < 4.78 is 14.4. The van der Waals surface area contributed by atoms with Gasteiger partial charge in [0, 0.05) is 16.8 Å². The second-order valence-corrected chi connectivity index (χ2v) is 6.58. The number of hydrogen-bond acceptors (Lipinski definition) is 1. The first-order valence-corrected chi connectivity index (χ1v) is 7.39. The third kappa shape index (κ3) is 2.25. The van der Waals surface area contributed by atoms with Crippen molar-refractivity contribution in [2.24, 2.45) is 17.8 Å². The van der Waals surface area contributed by atoms with Crippen molar-refractivity contribution in [1.82, 2.24) is 0 Å². The number of carbonyl (C=O) groups is 1. The average molecular weight is 311 g/mol. The fraction of sp³-hybridized carbons (Fsp3) is 0.533. The molecule has 2 aliphatic rings. The molecule has 0 heterocycles. The molecular weight excluding hydrogens is 295 g/mol. The van der Waals surface area contributed by atoms with E-state index in [0.717, 1.165) is 16.8 Å². The van der Waals surface area contributed by atoms with E-state index in [-0.39, 0.29) is 23.9 Å². The Kier molecular flexibility index (Phi) is 3.27. The van der Waals surface area contributed by atoms with E-state index in [1.165, 1.54) is 25.3 Å². The molecule has 0 amide bonds. The van der Waals surface area contributed by atoms with E-state index >= 15 is 0 Å². The van der Waals surface area contributed by atoms with E-state index in [2.05, 4.69) is 15.9 Å². The molecule has 0 aromatic heterocycles. The molecule has 0 N–H and O–H groups in total. The Morgan fingerprint density at radius 1 is 1.33 bits per heavy atom. The Hall–Kier alpha value is -0.700. The first kappa shape index (κ1) is 12.3.